The van der Waals surface area contributed by atoms with Gasteiger partial charge in [0.1, 0.15) is 0 Å². The second-order valence-corrected chi connectivity index (χ2v) is 9.01. The van der Waals surface area contributed by atoms with Crippen molar-refractivity contribution in [3.05, 3.63) is 59.1 Å². The summed E-state index contributed by atoms with van der Waals surface area (Å²) in [5.41, 5.74) is 1.80. The van der Waals surface area contributed by atoms with Crippen molar-refractivity contribution in [2.24, 2.45) is 11.8 Å². The van der Waals surface area contributed by atoms with Crippen LogP contribution in [0.3, 0.4) is 0 Å². The van der Waals surface area contributed by atoms with Crippen LogP contribution in [0.4, 0.5) is 11.4 Å². The Morgan fingerprint density at radius 3 is 2.21 bits per heavy atom. The van der Waals surface area contributed by atoms with Crippen molar-refractivity contribution in [2.45, 2.75) is 25.7 Å². The predicted molar refractivity (Wildman–Crippen MR) is 128 cm³/mol. The zero-order valence-electron chi connectivity index (χ0n) is 18.4. The van der Waals surface area contributed by atoms with Crippen molar-refractivity contribution in [1.82, 2.24) is 4.90 Å². The van der Waals surface area contributed by atoms with E-state index < -0.39 is 17.8 Å². The van der Waals surface area contributed by atoms with E-state index in [0.29, 0.717) is 55.3 Å². The second-order valence-electron chi connectivity index (χ2n) is 8.60. The minimum absolute atomic E-state index is 0.150. The van der Waals surface area contributed by atoms with Gasteiger partial charge < -0.3 is 20.2 Å². The standard InChI is InChI=1S/C25H28ClN3O4/c26-20-10-4-6-12-22(20)28-13-15-29(16-14-28)24(31)19-9-3-5-11-21(19)27-23(30)17-7-1-2-8-18(17)25(32)33/h3-6,9-12,17-18H,1-2,7-8,13-16H2,(H,27,30)(H,32,33)/t17-,18+/m0/s1. The Hall–Kier alpha value is -3.06. The highest BCUT2D eigenvalue weighted by Gasteiger charge is 2.36. The maximum absolute atomic E-state index is 13.3. The van der Waals surface area contributed by atoms with Gasteiger partial charge in [-0.05, 0) is 37.1 Å². The first-order chi connectivity index (χ1) is 16.0. The van der Waals surface area contributed by atoms with Crippen LogP contribution in [0.25, 0.3) is 0 Å². The van der Waals surface area contributed by atoms with Crippen LogP contribution in [0.5, 0.6) is 0 Å². The fourth-order valence-electron chi connectivity index (χ4n) is 4.77. The lowest BCUT2D eigenvalue weighted by Crippen LogP contribution is -2.49. The van der Waals surface area contributed by atoms with Crippen LogP contribution in [0.1, 0.15) is 36.0 Å². The van der Waals surface area contributed by atoms with Crippen LogP contribution in [0, 0.1) is 11.8 Å². The average Bonchev–Trinajstić information content (AvgIpc) is 2.84. The van der Waals surface area contributed by atoms with Crippen molar-refractivity contribution in [3.63, 3.8) is 0 Å². The number of nitrogens with one attached hydrogen (secondary N) is 1. The Morgan fingerprint density at radius 2 is 1.52 bits per heavy atom. The SMILES string of the molecule is O=C(Nc1ccccc1C(=O)N1CCN(c2ccccc2Cl)CC1)[C@H]1CCCC[C@H]1C(=O)O. The molecule has 0 radical (unpaired) electrons. The fourth-order valence-corrected chi connectivity index (χ4v) is 5.03. The first-order valence-corrected chi connectivity index (χ1v) is 11.7. The highest BCUT2D eigenvalue weighted by atomic mass is 35.5. The molecule has 0 unspecified atom stereocenters. The summed E-state index contributed by atoms with van der Waals surface area (Å²) in [6.45, 7) is 2.39. The molecule has 2 N–H and O–H groups in total. The van der Waals surface area contributed by atoms with Gasteiger partial charge in [0.15, 0.2) is 0 Å². The van der Waals surface area contributed by atoms with Crippen LogP contribution in [0.15, 0.2) is 48.5 Å². The van der Waals surface area contributed by atoms with Crippen molar-refractivity contribution < 1.29 is 19.5 Å². The number of hydrogen-bond donors (Lipinski definition) is 2. The number of para-hydroxylation sites is 2. The average molecular weight is 470 g/mol. The van der Waals surface area contributed by atoms with E-state index in [2.05, 4.69) is 10.2 Å². The van der Waals surface area contributed by atoms with E-state index in [0.717, 1.165) is 18.5 Å². The molecule has 0 spiro atoms. The molecule has 174 valence electrons. The second kappa shape index (κ2) is 10.3. The summed E-state index contributed by atoms with van der Waals surface area (Å²) in [6, 6.07) is 14.6. The number of aliphatic carboxylic acids is 1. The lowest BCUT2D eigenvalue weighted by molar-refractivity contribution is -0.147. The summed E-state index contributed by atoms with van der Waals surface area (Å²) in [4.78, 5) is 41.8. The number of benzene rings is 2. The van der Waals surface area contributed by atoms with E-state index in [9.17, 15) is 19.5 Å². The lowest BCUT2D eigenvalue weighted by atomic mass is 9.78. The Morgan fingerprint density at radius 1 is 0.879 bits per heavy atom. The zero-order valence-corrected chi connectivity index (χ0v) is 19.1. The molecule has 2 aromatic rings. The topological polar surface area (TPSA) is 90.0 Å². The maximum atomic E-state index is 13.3. The van der Waals surface area contributed by atoms with Gasteiger partial charge in [0.25, 0.3) is 5.91 Å². The number of amides is 2. The first-order valence-electron chi connectivity index (χ1n) is 11.4. The first kappa shape index (κ1) is 23.1. The van der Waals surface area contributed by atoms with E-state index in [1.807, 2.05) is 24.3 Å². The molecule has 1 heterocycles. The van der Waals surface area contributed by atoms with Gasteiger partial charge in [-0.25, -0.2) is 0 Å². The molecule has 4 rings (SSSR count). The normalized spacial score (nSPS) is 20.9. The Bertz CT molecular complexity index is 1040. The summed E-state index contributed by atoms with van der Waals surface area (Å²) in [5.74, 6) is -2.68. The molecular weight excluding hydrogens is 442 g/mol. The molecule has 0 bridgehead atoms. The maximum Gasteiger partial charge on any atom is 0.307 e. The number of nitrogens with zero attached hydrogens (tertiary/aromatic N) is 2. The number of carboxylic acid groups (broad SMARTS) is 1. The number of carbonyl (C=O) groups excluding carboxylic acids is 2. The number of rotatable bonds is 5. The third kappa shape index (κ3) is 5.14. The van der Waals surface area contributed by atoms with Gasteiger partial charge in [-0.3, -0.25) is 14.4 Å². The van der Waals surface area contributed by atoms with Crippen LogP contribution in [0.2, 0.25) is 5.02 Å². The van der Waals surface area contributed by atoms with Crippen molar-refractivity contribution in [1.29, 1.82) is 0 Å². The minimum atomic E-state index is -0.935. The molecule has 2 amide bonds. The quantitative estimate of drug-likeness (QED) is 0.687. The Labute approximate surface area is 198 Å². The number of anilines is 2. The summed E-state index contributed by atoms with van der Waals surface area (Å²) in [7, 11) is 0. The highest BCUT2D eigenvalue weighted by molar-refractivity contribution is 6.33. The van der Waals surface area contributed by atoms with Crippen molar-refractivity contribution in [2.75, 3.05) is 36.4 Å². The molecule has 1 saturated heterocycles. The lowest BCUT2D eigenvalue weighted by Gasteiger charge is -2.36. The summed E-state index contributed by atoms with van der Waals surface area (Å²) < 4.78 is 0. The van der Waals surface area contributed by atoms with Crippen LogP contribution >= 0.6 is 11.6 Å². The largest absolute Gasteiger partial charge is 0.481 e. The van der Waals surface area contributed by atoms with E-state index in [-0.39, 0.29) is 11.8 Å². The molecule has 0 aromatic heterocycles. The molecule has 7 nitrogen and oxygen atoms in total. The smallest absolute Gasteiger partial charge is 0.307 e. The zero-order chi connectivity index (χ0) is 23.4. The molecular formula is C25H28ClN3O4. The number of carboxylic acids is 1. The molecule has 8 heteroatoms. The summed E-state index contributed by atoms with van der Waals surface area (Å²) in [6.07, 6.45) is 2.70. The van der Waals surface area contributed by atoms with Gasteiger partial charge in [0, 0.05) is 26.2 Å². The number of hydrogen-bond acceptors (Lipinski definition) is 4. The van der Waals surface area contributed by atoms with E-state index >= 15 is 0 Å². The van der Waals surface area contributed by atoms with Gasteiger partial charge in [0.05, 0.1) is 33.8 Å². The van der Waals surface area contributed by atoms with Gasteiger partial charge >= 0.3 is 5.97 Å². The molecule has 2 fully saturated rings. The van der Waals surface area contributed by atoms with Crippen molar-refractivity contribution in [3.8, 4) is 0 Å². The minimum Gasteiger partial charge on any atom is -0.481 e. The molecule has 2 aromatic carbocycles. The van der Waals surface area contributed by atoms with Crippen LogP contribution in [-0.4, -0.2) is 54.0 Å². The van der Waals surface area contributed by atoms with Crippen LogP contribution in [-0.2, 0) is 9.59 Å². The molecule has 2 aliphatic rings. The number of carbonyl (C=O) groups is 3. The van der Waals surface area contributed by atoms with E-state index in [4.69, 9.17) is 11.6 Å². The van der Waals surface area contributed by atoms with Crippen LogP contribution < -0.4 is 10.2 Å². The van der Waals surface area contributed by atoms with Gasteiger partial charge in [-0.2, -0.15) is 0 Å². The van der Waals surface area contributed by atoms with E-state index in [1.165, 1.54) is 0 Å². The number of halogens is 1. The van der Waals surface area contributed by atoms with Gasteiger partial charge in [-0.15, -0.1) is 0 Å². The molecule has 33 heavy (non-hydrogen) atoms. The third-order valence-electron chi connectivity index (χ3n) is 6.60. The Balaban J connectivity index is 1.44. The summed E-state index contributed by atoms with van der Waals surface area (Å²) >= 11 is 6.32. The number of piperazine rings is 1. The monoisotopic (exact) mass is 469 g/mol. The van der Waals surface area contributed by atoms with Crippen molar-refractivity contribution >= 4 is 40.8 Å². The predicted octanol–water partition coefficient (Wildman–Crippen LogP) is 4.13. The van der Waals surface area contributed by atoms with Gasteiger partial charge in [-0.1, -0.05) is 48.7 Å². The molecule has 1 aliphatic carbocycles. The third-order valence-corrected chi connectivity index (χ3v) is 6.91. The summed E-state index contributed by atoms with van der Waals surface area (Å²) in [5, 5.41) is 13.0. The highest BCUT2D eigenvalue weighted by Crippen LogP contribution is 2.32. The fraction of sp³-hybridized carbons (Fsp3) is 0.400. The Kier molecular flexibility index (Phi) is 7.18. The molecule has 2 atom stereocenters. The van der Waals surface area contributed by atoms with E-state index in [1.54, 1.807) is 29.2 Å². The van der Waals surface area contributed by atoms with Gasteiger partial charge in [0.2, 0.25) is 5.91 Å². The molecule has 1 saturated carbocycles. The molecule has 1 aliphatic heterocycles.